The van der Waals surface area contributed by atoms with Crippen LogP contribution in [0.25, 0.3) is 11.2 Å². The number of aromatic nitrogens is 5. The number of aryl methyl sites for hydroxylation is 2. The normalized spacial score (nSPS) is 11.0. The van der Waals surface area contributed by atoms with Gasteiger partial charge >= 0.3 is 0 Å². The van der Waals surface area contributed by atoms with Crippen molar-refractivity contribution in [1.29, 1.82) is 0 Å². The summed E-state index contributed by atoms with van der Waals surface area (Å²) in [6.07, 6.45) is 2.29. The summed E-state index contributed by atoms with van der Waals surface area (Å²) in [5, 5.41) is 10.8. The molecule has 0 atom stereocenters. The highest BCUT2D eigenvalue weighted by Gasteiger charge is 2.14. The summed E-state index contributed by atoms with van der Waals surface area (Å²) in [5.41, 5.74) is 4.22. The molecule has 152 valence electrons. The summed E-state index contributed by atoms with van der Waals surface area (Å²) < 4.78 is 2.82. The molecule has 2 aromatic heterocycles. The third-order valence-electron chi connectivity index (χ3n) is 4.90. The fourth-order valence-corrected chi connectivity index (χ4v) is 3.15. The Morgan fingerprint density at radius 2 is 1.73 bits per heavy atom. The molecule has 0 saturated carbocycles. The molecule has 8 heteroatoms. The molecule has 0 unspecified atom stereocenters. The van der Waals surface area contributed by atoms with Crippen molar-refractivity contribution in [3.8, 4) is 0 Å². The topological polar surface area (TPSA) is 94.7 Å². The van der Waals surface area contributed by atoms with E-state index >= 15 is 0 Å². The van der Waals surface area contributed by atoms with Crippen LogP contribution in [0.5, 0.6) is 0 Å². The van der Waals surface area contributed by atoms with E-state index in [0.717, 1.165) is 12.0 Å². The first-order valence-corrected chi connectivity index (χ1v) is 9.76. The first kappa shape index (κ1) is 19.5. The number of carbonyl (C=O) groups is 1. The molecule has 0 aliphatic rings. The van der Waals surface area contributed by atoms with E-state index in [1.807, 2.05) is 55.5 Å². The highest BCUT2D eigenvalue weighted by atomic mass is 16.2. The van der Waals surface area contributed by atoms with Gasteiger partial charge in [-0.15, -0.1) is 5.10 Å². The predicted molar refractivity (Wildman–Crippen MR) is 114 cm³/mol. The van der Waals surface area contributed by atoms with Gasteiger partial charge in [-0.1, -0.05) is 54.1 Å². The minimum Gasteiger partial charge on any atom is -0.325 e. The molecule has 0 saturated heterocycles. The van der Waals surface area contributed by atoms with Gasteiger partial charge in [-0.3, -0.25) is 14.2 Å². The molecule has 1 amide bonds. The van der Waals surface area contributed by atoms with E-state index < -0.39 is 5.56 Å². The Balaban J connectivity index is 1.51. The Labute approximate surface area is 173 Å². The summed E-state index contributed by atoms with van der Waals surface area (Å²) >= 11 is 0. The quantitative estimate of drug-likeness (QED) is 0.535. The molecule has 0 aliphatic heterocycles. The highest BCUT2D eigenvalue weighted by molar-refractivity contribution is 5.90. The van der Waals surface area contributed by atoms with E-state index in [-0.39, 0.29) is 18.0 Å². The van der Waals surface area contributed by atoms with Gasteiger partial charge < -0.3 is 5.32 Å². The molecular weight excluding hydrogens is 380 g/mol. The zero-order chi connectivity index (χ0) is 21.1. The van der Waals surface area contributed by atoms with Crippen LogP contribution >= 0.6 is 0 Å². The average molecular weight is 402 g/mol. The van der Waals surface area contributed by atoms with Gasteiger partial charge in [0.05, 0.1) is 6.54 Å². The van der Waals surface area contributed by atoms with Gasteiger partial charge in [0.1, 0.15) is 12.9 Å². The van der Waals surface area contributed by atoms with Crippen LogP contribution in [-0.4, -0.2) is 30.5 Å². The van der Waals surface area contributed by atoms with Crippen molar-refractivity contribution in [3.63, 3.8) is 0 Å². The summed E-state index contributed by atoms with van der Waals surface area (Å²) in [5.74, 6) is -0.311. The van der Waals surface area contributed by atoms with E-state index in [2.05, 4.69) is 27.5 Å². The smallest absolute Gasteiger partial charge is 0.283 e. The van der Waals surface area contributed by atoms with Crippen molar-refractivity contribution in [1.82, 2.24) is 24.5 Å². The number of nitrogens with one attached hydrogen (secondary N) is 1. The van der Waals surface area contributed by atoms with Crippen LogP contribution in [0.1, 0.15) is 23.6 Å². The number of amides is 1. The summed E-state index contributed by atoms with van der Waals surface area (Å²) in [7, 11) is 0. The molecule has 1 N–H and O–H groups in total. The van der Waals surface area contributed by atoms with Gasteiger partial charge in [0, 0.05) is 5.69 Å². The Bertz CT molecular complexity index is 1240. The lowest BCUT2D eigenvalue weighted by molar-refractivity contribution is -0.116. The van der Waals surface area contributed by atoms with Gasteiger partial charge in [0.15, 0.2) is 11.2 Å². The maximum atomic E-state index is 12.7. The summed E-state index contributed by atoms with van der Waals surface area (Å²) in [6, 6.07) is 15.6. The fraction of sp³-hybridized carbons (Fsp3) is 0.227. The van der Waals surface area contributed by atoms with Crippen LogP contribution in [-0.2, 0) is 24.3 Å². The lowest BCUT2D eigenvalue weighted by Gasteiger charge is -2.08. The number of rotatable bonds is 6. The van der Waals surface area contributed by atoms with E-state index in [0.29, 0.717) is 17.9 Å². The van der Waals surface area contributed by atoms with E-state index in [1.54, 1.807) is 4.68 Å². The Morgan fingerprint density at radius 1 is 1.03 bits per heavy atom. The summed E-state index contributed by atoms with van der Waals surface area (Å²) in [4.78, 5) is 29.4. The molecule has 0 bridgehead atoms. The summed E-state index contributed by atoms with van der Waals surface area (Å²) in [6.45, 7) is 4.40. The van der Waals surface area contributed by atoms with Gasteiger partial charge in [0.2, 0.25) is 5.91 Å². The molecule has 4 rings (SSSR count). The maximum Gasteiger partial charge on any atom is 0.283 e. The zero-order valence-electron chi connectivity index (χ0n) is 16.9. The lowest BCUT2D eigenvalue weighted by Crippen LogP contribution is -2.28. The minimum atomic E-state index is -0.397. The Morgan fingerprint density at radius 3 is 2.43 bits per heavy atom. The molecule has 0 radical (unpaired) electrons. The average Bonchev–Trinajstić information content (AvgIpc) is 3.16. The van der Waals surface area contributed by atoms with Crippen molar-refractivity contribution in [2.24, 2.45) is 0 Å². The van der Waals surface area contributed by atoms with Gasteiger partial charge in [-0.05, 0) is 36.6 Å². The fourth-order valence-electron chi connectivity index (χ4n) is 3.15. The van der Waals surface area contributed by atoms with Gasteiger partial charge in [-0.25, -0.2) is 9.67 Å². The van der Waals surface area contributed by atoms with E-state index in [1.165, 1.54) is 22.0 Å². The van der Waals surface area contributed by atoms with Gasteiger partial charge in [-0.2, -0.15) is 0 Å². The number of hydrogen-bond donors (Lipinski definition) is 1. The van der Waals surface area contributed by atoms with Crippen LogP contribution < -0.4 is 10.9 Å². The molecular formula is C22H22N6O2. The largest absolute Gasteiger partial charge is 0.325 e. The van der Waals surface area contributed by atoms with Crippen LogP contribution in [0.15, 0.2) is 59.7 Å². The standard InChI is InChI=1S/C22H22N6O2/c1-3-16-8-10-18(11-9-16)24-19(29)13-27-14-23-21-20(22(27)30)25-26-28(21)12-17-6-4-15(2)5-7-17/h4-11,14H,3,12-13H2,1-2H3,(H,24,29). The lowest BCUT2D eigenvalue weighted by atomic mass is 10.1. The third-order valence-corrected chi connectivity index (χ3v) is 4.90. The van der Waals surface area contributed by atoms with E-state index in [9.17, 15) is 9.59 Å². The Hall–Kier alpha value is -3.81. The number of hydrogen-bond acceptors (Lipinski definition) is 5. The number of benzene rings is 2. The predicted octanol–water partition coefficient (Wildman–Crippen LogP) is 2.55. The molecule has 2 aromatic carbocycles. The molecule has 0 fully saturated rings. The molecule has 2 heterocycles. The van der Waals surface area contributed by atoms with E-state index in [4.69, 9.17) is 0 Å². The van der Waals surface area contributed by atoms with Crippen molar-refractivity contribution in [2.75, 3.05) is 5.32 Å². The van der Waals surface area contributed by atoms with Crippen LogP contribution in [0, 0.1) is 6.92 Å². The SMILES string of the molecule is CCc1ccc(NC(=O)Cn2cnc3c(nnn3Cc3ccc(C)cc3)c2=O)cc1. The van der Waals surface area contributed by atoms with Crippen molar-refractivity contribution < 1.29 is 4.79 Å². The first-order chi connectivity index (χ1) is 14.5. The Kier molecular flexibility index (Phi) is 5.38. The zero-order valence-corrected chi connectivity index (χ0v) is 16.9. The molecule has 8 nitrogen and oxygen atoms in total. The second kappa shape index (κ2) is 8.28. The second-order valence-electron chi connectivity index (χ2n) is 7.18. The number of fused-ring (bicyclic) bond motifs is 1. The molecule has 4 aromatic rings. The van der Waals surface area contributed by atoms with Crippen LogP contribution in [0.4, 0.5) is 5.69 Å². The number of nitrogens with zero attached hydrogens (tertiary/aromatic N) is 5. The molecule has 0 aliphatic carbocycles. The molecule has 30 heavy (non-hydrogen) atoms. The number of carbonyl (C=O) groups excluding carboxylic acids is 1. The molecule has 0 spiro atoms. The van der Waals surface area contributed by atoms with Crippen molar-refractivity contribution in [2.45, 2.75) is 33.4 Å². The minimum absolute atomic E-state index is 0.143. The van der Waals surface area contributed by atoms with Crippen LogP contribution in [0.3, 0.4) is 0 Å². The van der Waals surface area contributed by atoms with Gasteiger partial charge in [0.25, 0.3) is 5.56 Å². The van der Waals surface area contributed by atoms with Crippen LogP contribution in [0.2, 0.25) is 0 Å². The third kappa shape index (κ3) is 4.12. The number of anilines is 1. The van der Waals surface area contributed by atoms with Crippen molar-refractivity contribution in [3.05, 3.63) is 81.9 Å². The monoisotopic (exact) mass is 402 g/mol. The second-order valence-corrected chi connectivity index (χ2v) is 7.18. The van der Waals surface area contributed by atoms with Crippen molar-refractivity contribution >= 4 is 22.8 Å². The first-order valence-electron chi connectivity index (χ1n) is 9.76. The highest BCUT2D eigenvalue weighted by Crippen LogP contribution is 2.11. The maximum absolute atomic E-state index is 12.7.